The number of guanidine groups is 1. The topological polar surface area (TPSA) is 106 Å². The summed E-state index contributed by atoms with van der Waals surface area (Å²) in [5, 5.41) is 11.7. The Hall–Kier alpha value is -1.85. The number of ether oxygens (including phenoxy) is 1. The number of nitrogens with one attached hydrogen (secondary N) is 2. The zero-order valence-corrected chi connectivity index (χ0v) is 20.8. The molecule has 0 aliphatic carbocycles. The van der Waals surface area contributed by atoms with Gasteiger partial charge in [-0.15, -0.1) is 24.0 Å². The van der Waals surface area contributed by atoms with E-state index in [2.05, 4.69) is 28.6 Å². The minimum absolute atomic E-state index is 0. The fourth-order valence-electron chi connectivity index (χ4n) is 2.90. The van der Waals surface area contributed by atoms with Gasteiger partial charge in [-0.2, -0.15) is 0 Å². The molecular weight excluding hydrogens is 515 g/mol. The number of nitrogens with two attached hydrogens (primary N) is 1. The van der Waals surface area contributed by atoms with Gasteiger partial charge in [0.2, 0.25) is 10.0 Å². The summed E-state index contributed by atoms with van der Waals surface area (Å²) >= 11 is 0. The van der Waals surface area contributed by atoms with Crippen molar-refractivity contribution < 1.29 is 13.2 Å². The summed E-state index contributed by atoms with van der Waals surface area (Å²) in [6.07, 6.45) is 1.53. The fourth-order valence-corrected chi connectivity index (χ4v) is 3.42. The molecule has 166 valence electrons. The van der Waals surface area contributed by atoms with Gasteiger partial charge in [0, 0.05) is 19.6 Å². The molecule has 0 saturated heterocycles. The highest BCUT2D eigenvalue weighted by Gasteiger charge is 2.07. The van der Waals surface area contributed by atoms with Crippen LogP contribution in [0.1, 0.15) is 23.6 Å². The van der Waals surface area contributed by atoms with Crippen LogP contribution in [0, 0.1) is 6.92 Å². The second-order valence-electron chi connectivity index (χ2n) is 6.69. The molecule has 0 aliphatic heterocycles. The second-order valence-corrected chi connectivity index (χ2v) is 8.25. The van der Waals surface area contributed by atoms with E-state index in [1.807, 2.05) is 19.1 Å². The molecule has 0 bridgehead atoms. The molecular formula is C21H31IN4O3S. The molecule has 0 spiro atoms. The highest BCUT2D eigenvalue weighted by atomic mass is 127. The van der Waals surface area contributed by atoms with Crippen LogP contribution in [0.2, 0.25) is 0 Å². The number of aliphatic imine (C=N–C) groups is 1. The Kier molecular flexibility index (Phi) is 11.1. The molecule has 0 amide bonds. The van der Waals surface area contributed by atoms with Crippen LogP contribution >= 0.6 is 24.0 Å². The molecule has 0 heterocycles. The summed E-state index contributed by atoms with van der Waals surface area (Å²) in [5.41, 5.74) is 3.36. The number of hydrogen-bond donors (Lipinski definition) is 3. The summed E-state index contributed by atoms with van der Waals surface area (Å²) in [5.74, 6) is 1.63. The molecule has 0 unspecified atom stereocenters. The van der Waals surface area contributed by atoms with Crippen LogP contribution in [-0.4, -0.2) is 41.1 Å². The highest BCUT2D eigenvalue weighted by molar-refractivity contribution is 14.0. The van der Waals surface area contributed by atoms with Crippen LogP contribution in [0.25, 0.3) is 0 Å². The van der Waals surface area contributed by atoms with Crippen molar-refractivity contribution in [3.63, 3.8) is 0 Å². The zero-order chi connectivity index (χ0) is 21.3. The third-order valence-corrected chi connectivity index (χ3v) is 5.32. The molecule has 0 atom stereocenters. The lowest BCUT2D eigenvalue weighted by Gasteiger charge is -2.12. The molecule has 0 radical (unpaired) electrons. The van der Waals surface area contributed by atoms with Crippen LogP contribution in [0.3, 0.4) is 0 Å². The van der Waals surface area contributed by atoms with E-state index in [0.717, 1.165) is 42.2 Å². The van der Waals surface area contributed by atoms with Crippen molar-refractivity contribution in [3.05, 3.63) is 59.2 Å². The molecule has 0 aromatic heterocycles. The van der Waals surface area contributed by atoms with Gasteiger partial charge < -0.3 is 15.4 Å². The van der Waals surface area contributed by atoms with Crippen molar-refractivity contribution >= 4 is 40.0 Å². The van der Waals surface area contributed by atoms with Gasteiger partial charge in [-0.25, -0.2) is 13.6 Å². The molecule has 2 rings (SSSR count). The van der Waals surface area contributed by atoms with E-state index in [0.29, 0.717) is 13.1 Å². The predicted molar refractivity (Wildman–Crippen MR) is 132 cm³/mol. The van der Waals surface area contributed by atoms with E-state index in [-0.39, 0.29) is 28.9 Å². The number of benzene rings is 2. The van der Waals surface area contributed by atoms with Crippen molar-refractivity contribution in [1.82, 2.24) is 10.6 Å². The molecule has 30 heavy (non-hydrogen) atoms. The highest BCUT2D eigenvalue weighted by Crippen LogP contribution is 2.20. The minimum Gasteiger partial charge on any atom is -0.496 e. The third kappa shape index (κ3) is 8.49. The molecule has 0 saturated carbocycles. The minimum atomic E-state index is -3.66. The first-order chi connectivity index (χ1) is 13.8. The average molecular weight is 546 g/mol. The Labute approximate surface area is 196 Å². The number of sulfonamides is 1. The molecule has 2 aromatic rings. The van der Waals surface area contributed by atoms with Gasteiger partial charge in [-0.3, -0.25) is 4.99 Å². The number of hydrogen-bond acceptors (Lipinski definition) is 4. The number of halogens is 1. The lowest BCUT2D eigenvalue weighted by Crippen LogP contribution is -2.38. The Balaban J connectivity index is 0.00000450. The van der Waals surface area contributed by atoms with Crippen molar-refractivity contribution in [2.24, 2.45) is 10.1 Å². The van der Waals surface area contributed by atoms with Gasteiger partial charge in [0.1, 0.15) is 5.75 Å². The van der Waals surface area contributed by atoms with Gasteiger partial charge in [-0.1, -0.05) is 29.8 Å². The van der Waals surface area contributed by atoms with E-state index in [9.17, 15) is 8.42 Å². The first-order valence-electron chi connectivity index (χ1n) is 9.61. The van der Waals surface area contributed by atoms with Crippen LogP contribution in [-0.2, 0) is 22.9 Å². The SMILES string of the molecule is CCNC(=NCCc1cc(C)ccc1OC)NCCc1ccc(S(N)(=O)=O)cc1.I. The molecule has 7 nitrogen and oxygen atoms in total. The summed E-state index contributed by atoms with van der Waals surface area (Å²) in [6.45, 7) is 6.16. The van der Waals surface area contributed by atoms with Crippen LogP contribution < -0.4 is 20.5 Å². The average Bonchev–Trinajstić information content (AvgIpc) is 2.68. The third-order valence-electron chi connectivity index (χ3n) is 4.39. The lowest BCUT2D eigenvalue weighted by atomic mass is 10.1. The second kappa shape index (κ2) is 12.8. The first kappa shape index (κ1) is 26.2. The molecule has 0 fully saturated rings. The van der Waals surface area contributed by atoms with Crippen LogP contribution in [0.15, 0.2) is 52.4 Å². The largest absolute Gasteiger partial charge is 0.496 e. The van der Waals surface area contributed by atoms with Gasteiger partial charge in [0.25, 0.3) is 0 Å². The van der Waals surface area contributed by atoms with Gasteiger partial charge >= 0.3 is 0 Å². The summed E-state index contributed by atoms with van der Waals surface area (Å²) < 4.78 is 28.1. The van der Waals surface area contributed by atoms with E-state index in [4.69, 9.17) is 9.88 Å². The molecule has 2 aromatic carbocycles. The van der Waals surface area contributed by atoms with Gasteiger partial charge in [0.15, 0.2) is 5.96 Å². The number of rotatable bonds is 9. The lowest BCUT2D eigenvalue weighted by molar-refractivity contribution is 0.409. The monoisotopic (exact) mass is 546 g/mol. The Bertz CT molecular complexity index is 932. The number of primary sulfonamides is 1. The maximum atomic E-state index is 11.3. The normalized spacial score (nSPS) is 11.5. The Morgan fingerprint density at radius 2 is 1.80 bits per heavy atom. The zero-order valence-electron chi connectivity index (χ0n) is 17.6. The summed E-state index contributed by atoms with van der Waals surface area (Å²) in [6, 6.07) is 12.7. The van der Waals surface area contributed by atoms with Crippen molar-refractivity contribution in [3.8, 4) is 5.75 Å². The Morgan fingerprint density at radius 1 is 1.10 bits per heavy atom. The van der Waals surface area contributed by atoms with Gasteiger partial charge in [0.05, 0.1) is 12.0 Å². The van der Waals surface area contributed by atoms with E-state index in [1.54, 1.807) is 19.2 Å². The van der Waals surface area contributed by atoms with Crippen molar-refractivity contribution in [1.29, 1.82) is 0 Å². The van der Waals surface area contributed by atoms with Gasteiger partial charge in [-0.05, 0) is 56.0 Å². The van der Waals surface area contributed by atoms with Crippen molar-refractivity contribution in [2.45, 2.75) is 31.6 Å². The standard InChI is InChI=1S/C21H30N4O3S.HI/c1-4-23-21(25-14-12-18-15-16(2)5-10-20(18)28-3)24-13-11-17-6-8-19(9-7-17)29(22,26)27;/h5-10,15H,4,11-14H2,1-3H3,(H2,22,26,27)(H2,23,24,25);1H. The Morgan fingerprint density at radius 3 is 2.40 bits per heavy atom. The number of nitrogens with zero attached hydrogens (tertiary/aromatic N) is 1. The van der Waals surface area contributed by atoms with E-state index >= 15 is 0 Å². The fraction of sp³-hybridized carbons (Fsp3) is 0.381. The predicted octanol–water partition coefficient (Wildman–Crippen LogP) is 2.61. The quantitative estimate of drug-likeness (QED) is 0.255. The molecule has 9 heteroatoms. The van der Waals surface area contributed by atoms with E-state index in [1.165, 1.54) is 17.7 Å². The van der Waals surface area contributed by atoms with Crippen LogP contribution in [0.4, 0.5) is 0 Å². The van der Waals surface area contributed by atoms with Crippen molar-refractivity contribution in [2.75, 3.05) is 26.7 Å². The summed E-state index contributed by atoms with van der Waals surface area (Å²) in [4.78, 5) is 4.76. The molecule has 4 N–H and O–H groups in total. The maximum Gasteiger partial charge on any atom is 0.238 e. The maximum absolute atomic E-state index is 11.3. The number of aryl methyl sites for hydroxylation is 1. The molecule has 0 aliphatic rings. The smallest absolute Gasteiger partial charge is 0.238 e. The number of methoxy groups -OCH3 is 1. The summed E-state index contributed by atoms with van der Waals surface area (Å²) in [7, 11) is -1.98. The first-order valence-corrected chi connectivity index (χ1v) is 11.2. The van der Waals surface area contributed by atoms with Crippen LogP contribution in [0.5, 0.6) is 5.75 Å². The van der Waals surface area contributed by atoms with E-state index < -0.39 is 10.0 Å².